The molecule has 194 valence electrons. The van der Waals surface area contributed by atoms with Gasteiger partial charge in [0.05, 0.1) is 26.0 Å². The summed E-state index contributed by atoms with van der Waals surface area (Å²) in [6.07, 6.45) is 3.18. The maximum atomic E-state index is 13.6. The Balaban J connectivity index is 1.59. The van der Waals surface area contributed by atoms with Crippen LogP contribution in [0.25, 0.3) is 0 Å². The summed E-state index contributed by atoms with van der Waals surface area (Å²) in [5.41, 5.74) is 1.46. The van der Waals surface area contributed by atoms with E-state index in [1.54, 1.807) is 25.3 Å². The fourth-order valence-electron chi connectivity index (χ4n) is 4.23. The van der Waals surface area contributed by atoms with E-state index in [1.165, 1.54) is 17.2 Å². The fourth-order valence-corrected chi connectivity index (χ4v) is 4.23. The summed E-state index contributed by atoms with van der Waals surface area (Å²) >= 11 is 0. The Hall–Kier alpha value is -4.11. The van der Waals surface area contributed by atoms with Crippen LogP contribution in [0.15, 0.2) is 77.4 Å². The molecular formula is C28H31N3O6. The number of benzene rings is 2. The number of nitrogens with one attached hydrogen (secondary N) is 2. The maximum absolute atomic E-state index is 13.6. The number of carbonyl (C=O) groups excluding carboxylic acids is 3. The van der Waals surface area contributed by atoms with Gasteiger partial charge in [0.15, 0.2) is 5.76 Å². The third-order valence-electron chi connectivity index (χ3n) is 6.18. The monoisotopic (exact) mass is 505 g/mol. The molecule has 1 fully saturated rings. The van der Waals surface area contributed by atoms with Gasteiger partial charge >= 0.3 is 0 Å². The minimum Gasteiger partial charge on any atom is -0.497 e. The summed E-state index contributed by atoms with van der Waals surface area (Å²) in [5, 5.41) is 5.57. The standard InChI is InChI=1S/C28H31N3O6/c1-35-22-13-11-20(12-14-22)19-31(25(32)18-30-27(33)24-10-6-16-37-24)26(21-7-3-2-4-8-21)28(34)29-17-23-9-5-15-36-23/h2-4,6-8,10-14,16,23,26H,5,9,15,17-19H2,1H3,(H,29,34)(H,30,33)/t23-,26+/m1/s1. The molecule has 0 saturated carbocycles. The summed E-state index contributed by atoms with van der Waals surface area (Å²) in [6, 6.07) is 18.6. The van der Waals surface area contributed by atoms with E-state index < -0.39 is 17.9 Å². The molecular weight excluding hydrogens is 474 g/mol. The lowest BCUT2D eigenvalue weighted by Gasteiger charge is -2.32. The molecule has 2 heterocycles. The maximum Gasteiger partial charge on any atom is 0.287 e. The number of rotatable bonds is 11. The van der Waals surface area contributed by atoms with Crippen LogP contribution >= 0.6 is 0 Å². The molecule has 2 N–H and O–H groups in total. The van der Waals surface area contributed by atoms with Crippen LogP contribution in [0, 0.1) is 0 Å². The van der Waals surface area contributed by atoms with Gasteiger partial charge in [0.1, 0.15) is 11.8 Å². The van der Waals surface area contributed by atoms with Crippen molar-refractivity contribution in [2.75, 3.05) is 26.8 Å². The van der Waals surface area contributed by atoms with E-state index in [0.717, 1.165) is 18.4 Å². The molecule has 9 nitrogen and oxygen atoms in total. The average Bonchev–Trinajstić information content (AvgIpc) is 3.66. The molecule has 1 saturated heterocycles. The Morgan fingerprint density at radius 2 is 1.81 bits per heavy atom. The van der Waals surface area contributed by atoms with E-state index in [2.05, 4.69) is 10.6 Å². The lowest BCUT2D eigenvalue weighted by Crippen LogP contribution is -2.48. The zero-order chi connectivity index (χ0) is 26.0. The topological polar surface area (TPSA) is 110 Å². The van der Waals surface area contributed by atoms with Crippen molar-refractivity contribution in [3.63, 3.8) is 0 Å². The highest BCUT2D eigenvalue weighted by atomic mass is 16.5. The minimum atomic E-state index is -0.919. The summed E-state index contributed by atoms with van der Waals surface area (Å²) < 4.78 is 16.0. The second kappa shape index (κ2) is 12.7. The minimum absolute atomic E-state index is 0.0429. The number of hydrogen-bond donors (Lipinski definition) is 2. The van der Waals surface area contributed by atoms with Crippen LogP contribution < -0.4 is 15.4 Å². The van der Waals surface area contributed by atoms with Gasteiger partial charge in [0.25, 0.3) is 5.91 Å². The first kappa shape index (κ1) is 26.0. The Labute approximate surface area is 215 Å². The molecule has 9 heteroatoms. The second-order valence-electron chi connectivity index (χ2n) is 8.72. The molecule has 1 aliphatic rings. The van der Waals surface area contributed by atoms with E-state index in [4.69, 9.17) is 13.9 Å². The van der Waals surface area contributed by atoms with Crippen molar-refractivity contribution in [3.05, 3.63) is 89.9 Å². The van der Waals surface area contributed by atoms with Crippen molar-refractivity contribution in [1.82, 2.24) is 15.5 Å². The number of furan rings is 1. The van der Waals surface area contributed by atoms with Gasteiger partial charge < -0.3 is 29.4 Å². The first-order valence-electron chi connectivity index (χ1n) is 12.2. The highest BCUT2D eigenvalue weighted by Gasteiger charge is 2.32. The van der Waals surface area contributed by atoms with Crippen molar-refractivity contribution < 1.29 is 28.3 Å². The molecule has 0 radical (unpaired) electrons. The summed E-state index contributed by atoms with van der Waals surface area (Å²) in [6.45, 7) is 0.881. The zero-order valence-electron chi connectivity index (χ0n) is 20.7. The highest BCUT2D eigenvalue weighted by Crippen LogP contribution is 2.25. The lowest BCUT2D eigenvalue weighted by molar-refractivity contribution is -0.141. The van der Waals surface area contributed by atoms with Gasteiger partial charge in [-0.2, -0.15) is 0 Å². The number of ether oxygens (including phenoxy) is 2. The van der Waals surface area contributed by atoms with Crippen LogP contribution in [0.3, 0.4) is 0 Å². The van der Waals surface area contributed by atoms with Crippen LogP contribution in [0.4, 0.5) is 0 Å². The van der Waals surface area contributed by atoms with E-state index in [9.17, 15) is 14.4 Å². The molecule has 2 aromatic carbocycles. The number of carbonyl (C=O) groups is 3. The van der Waals surface area contributed by atoms with Gasteiger partial charge in [-0.25, -0.2) is 0 Å². The van der Waals surface area contributed by atoms with Crippen molar-refractivity contribution in [2.45, 2.75) is 31.5 Å². The van der Waals surface area contributed by atoms with Crippen molar-refractivity contribution >= 4 is 17.7 Å². The van der Waals surface area contributed by atoms with E-state index in [0.29, 0.717) is 24.5 Å². The van der Waals surface area contributed by atoms with E-state index >= 15 is 0 Å². The third-order valence-corrected chi connectivity index (χ3v) is 6.18. The molecule has 1 aromatic heterocycles. The Morgan fingerprint density at radius 1 is 1.03 bits per heavy atom. The smallest absolute Gasteiger partial charge is 0.287 e. The molecule has 2 atom stereocenters. The predicted molar refractivity (Wildman–Crippen MR) is 136 cm³/mol. The summed E-state index contributed by atoms with van der Waals surface area (Å²) in [4.78, 5) is 41.0. The van der Waals surface area contributed by atoms with Gasteiger partial charge in [-0.3, -0.25) is 14.4 Å². The van der Waals surface area contributed by atoms with E-state index in [-0.39, 0.29) is 30.9 Å². The van der Waals surface area contributed by atoms with E-state index in [1.807, 2.05) is 42.5 Å². The second-order valence-corrected chi connectivity index (χ2v) is 8.72. The van der Waals surface area contributed by atoms with Gasteiger partial charge in [-0.15, -0.1) is 0 Å². The van der Waals surface area contributed by atoms with Crippen molar-refractivity contribution in [2.24, 2.45) is 0 Å². The van der Waals surface area contributed by atoms with Gasteiger partial charge in [0, 0.05) is 19.7 Å². The summed E-state index contributed by atoms with van der Waals surface area (Å²) in [7, 11) is 1.58. The molecule has 1 aliphatic heterocycles. The highest BCUT2D eigenvalue weighted by molar-refractivity contribution is 5.95. The van der Waals surface area contributed by atoms with Gasteiger partial charge in [-0.1, -0.05) is 42.5 Å². The first-order chi connectivity index (χ1) is 18.0. The van der Waals surface area contributed by atoms with Crippen LogP contribution in [0.1, 0.15) is 40.6 Å². The average molecular weight is 506 g/mol. The van der Waals surface area contributed by atoms with Gasteiger partial charge in [-0.05, 0) is 48.2 Å². The molecule has 0 bridgehead atoms. The van der Waals surface area contributed by atoms with Crippen LogP contribution in [0.2, 0.25) is 0 Å². The summed E-state index contributed by atoms with van der Waals surface area (Å²) in [5.74, 6) is -0.468. The number of nitrogens with zero attached hydrogens (tertiary/aromatic N) is 1. The predicted octanol–water partition coefficient (Wildman–Crippen LogP) is 3.08. The third kappa shape index (κ3) is 6.98. The number of methoxy groups -OCH3 is 1. The number of amides is 3. The molecule has 3 amide bonds. The Morgan fingerprint density at radius 3 is 2.46 bits per heavy atom. The van der Waals surface area contributed by atoms with Crippen molar-refractivity contribution in [1.29, 1.82) is 0 Å². The Kier molecular flexibility index (Phi) is 8.93. The molecule has 0 aliphatic carbocycles. The Bertz CT molecular complexity index is 1160. The first-order valence-corrected chi connectivity index (χ1v) is 12.2. The molecule has 4 rings (SSSR count). The van der Waals surface area contributed by atoms with Crippen molar-refractivity contribution in [3.8, 4) is 5.75 Å². The van der Waals surface area contributed by atoms with Crippen LogP contribution in [-0.2, 0) is 20.9 Å². The zero-order valence-corrected chi connectivity index (χ0v) is 20.7. The SMILES string of the molecule is COc1ccc(CN(C(=O)CNC(=O)c2ccco2)[C@H](C(=O)NC[C@H]2CCCO2)c2ccccc2)cc1. The number of hydrogen-bond acceptors (Lipinski definition) is 6. The molecule has 3 aromatic rings. The molecule has 0 spiro atoms. The quantitative estimate of drug-likeness (QED) is 0.415. The van der Waals surface area contributed by atoms with Crippen LogP contribution in [0.5, 0.6) is 5.75 Å². The fraction of sp³-hybridized carbons (Fsp3) is 0.321. The normalized spacial score (nSPS) is 15.5. The molecule has 0 unspecified atom stereocenters. The lowest BCUT2D eigenvalue weighted by atomic mass is 10.0. The molecule has 37 heavy (non-hydrogen) atoms. The largest absolute Gasteiger partial charge is 0.497 e. The van der Waals surface area contributed by atoms with Crippen LogP contribution in [-0.4, -0.2) is 55.5 Å². The van der Waals surface area contributed by atoms with Gasteiger partial charge in [0.2, 0.25) is 11.8 Å².